The van der Waals surface area contributed by atoms with Crippen molar-refractivity contribution in [3.05, 3.63) is 65.7 Å². The van der Waals surface area contributed by atoms with Crippen LogP contribution in [-0.4, -0.2) is 19.6 Å². The van der Waals surface area contributed by atoms with Crippen LogP contribution in [0.4, 0.5) is 5.69 Å². The van der Waals surface area contributed by atoms with E-state index in [1.54, 1.807) is 0 Å². The lowest BCUT2D eigenvalue weighted by Crippen LogP contribution is -2.30. The van der Waals surface area contributed by atoms with E-state index >= 15 is 0 Å². The lowest BCUT2D eigenvalue weighted by molar-refractivity contribution is 0.687. The van der Waals surface area contributed by atoms with Crippen molar-refractivity contribution < 1.29 is 0 Å². The van der Waals surface area contributed by atoms with Crippen molar-refractivity contribution in [3.63, 3.8) is 0 Å². The number of fused-ring (bicyclic) bond motifs is 1. The minimum Gasteiger partial charge on any atom is -0.370 e. The van der Waals surface area contributed by atoms with Crippen LogP contribution in [0, 0.1) is 0 Å². The van der Waals surface area contributed by atoms with E-state index in [0.29, 0.717) is 0 Å². The molecule has 0 fully saturated rings. The first-order valence-electron chi connectivity index (χ1n) is 7.01. The van der Waals surface area contributed by atoms with E-state index in [4.69, 9.17) is 0 Å². The molecule has 0 saturated carbocycles. The van der Waals surface area contributed by atoms with Crippen LogP contribution in [0.25, 0.3) is 0 Å². The molecule has 3 rings (SSSR count). The molecule has 0 atom stereocenters. The molecule has 0 radical (unpaired) electrons. The largest absolute Gasteiger partial charge is 0.370 e. The van der Waals surface area contributed by atoms with Crippen LogP contribution in [0.5, 0.6) is 0 Å². The maximum absolute atomic E-state index is 3.49. The van der Waals surface area contributed by atoms with E-state index in [1.165, 1.54) is 16.8 Å². The molecule has 0 unspecified atom stereocenters. The summed E-state index contributed by atoms with van der Waals surface area (Å²) in [6.07, 6.45) is 1.11. The van der Waals surface area contributed by atoms with Crippen molar-refractivity contribution >= 4 is 18.1 Å². The van der Waals surface area contributed by atoms with E-state index in [-0.39, 0.29) is 12.4 Å². The molecule has 2 aromatic carbocycles. The first-order valence-corrected chi connectivity index (χ1v) is 7.01. The Morgan fingerprint density at radius 1 is 0.950 bits per heavy atom. The smallest absolute Gasteiger partial charge is 0.0412 e. The number of nitrogens with zero attached hydrogens (tertiary/aromatic N) is 1. The molecular formula is C17H21ClN2. The van der Waals surface area contributed by atoms with Crippen molar-refractivity contribution in [2.45, 2.75) is 13.0 Å². The van der Waals surface area contributed by atoms with Gasteiger partial charge in [0.25, 0.3) is 0 Å². The zero-order chi connectivity index (χ0) is 12.9. The van der Waals surface area contributed by atoms with Crippen LogP contribution in [0.2, 0.25) is 0 Å². The fraction of sp³-hybridized carbons (Fsp3) is 0.294. The standard InChI is InChI=1S/C17H20N2.ClH/c1-2-6-15(7-3-1)10-12-19-13-11-18-14-16-8-4-5-9-17(16)19;/h1-9,18H,10-14H2;1H. The monoisotopic (exact) mass is 288 g/mol. The highest BCUT2D eigenvalue weighted by Gasteiger charge is 2.13. The molecule has 2 nitrogen and oxygen atoms in total. The summed E-state index contributed by atoms with van der Waals surface area (Å²) in [5.74, 6) is 0. The first-order chi connectivity index (χ1) is 9.43. The van der Waals surface area contributed by atoms with Gasteiger partial charge in [-0.05, 0) is 23.6 Å². The summed E-state index contributed by atoms with van der Waals surface area (Å²) in [4.78, 5) is 2.50. The highest BCUT2D eigenvalue weighted by atomic mass is 35.5. The van der Waals surface area contributed by atoms with Gasteiger partial charge >= 0.3 is 0 Å². The molecule has 0 spiro atoms. The molecule has 0 bridgehead atoms. The molecule has 106 valence electrons. The fourth-order valence-corrected chi connectivity index (χ4v) is 2.67. The van der Waals surface area contributed by atoms with Gasteiger partial charge in [-0.15, -0.1) is 12.4 Å². The maximum atomic E-state index is 3.49. The number of para-hydroxylation sites is 1. The van der Waals surface area contributed by atoms with Gasteiger partial charge in [-0.2, -0.15) is 0 Å². The van der Waals surface area contributed by atoms with Gasteiger partial charge in [-0.3, -0.25) is 0 Å². The summed E-state index contributed by atoms with van der Waals surface area (Å²) in [7, 11) is 0. The van der Waals surface area contributed by atoms with E-state index in [1.807, 2.05) is 0 Å². The van der Waals surface area contributed by atoms with Gasteiger partial charge in [0.2, 0.25) is 0 Å². The molecule has 1 heterocycles. The summed E-state index contributed by atoms with van der Waals surface area (Å²) in [6.45, 7) is 4.22. The Labute approximate surface area is 127 Å². The second kappa shape index (κ2) is 7.32. The Morgan fingerprint density at radius 2 is 1.70 bits per heavy atom. The van der Waals surface area contributed by atoms with Crippen LogP contribution in [0.15, 0.2) is 54.6 Å². The van der Waals surface area contributed by atoms with Crippen LogP contribution in [0.3, 0.4) is 0 Å². The van der Waals surface area contributed by atoms with Crippen molar-refractivity contribution in [2.75, 3.05) is 24.5 Å². The van der Waals surface area contributed by atoms with Crippen LogP contribution >= 0.6 is 12.4 Å². The van der Waals surface area contributed by atoms with Crippen molar-refractivity contribution in [3.8, 4) is 0 Å². The maximum Gasteiger partial charge on any atom is 0.0412 e. The number of halogens is 1. The van der Waals surface area contributed by atoms with Gasteiger partial charge in [-0.25, -0.2) is 0 Å². The average molecular weight is 289 g/mol. The van der Waals surface area contributed by atoms with E-state index in [9.17, 15) is 0 Å². The predicted molar refractivity (Wildman–Crippen MR) is 87.8 cm³/mol. The van der Waals surface area contributed by atoms with Gasteiger partial charge in [0.05, 0.1) is 0 Å². The summed E-state index contributed by atoms with van der Waals surface area (Å²) in [6, 6.07) is 19.5. The first kappa shape index (κ1) is 14.9. The minimum absolute atomic E-state index is 0. The molecule has 1 aliphatic heterocycles. The third-order valence-corrected chi connectivity index (χ3v) is 3.72. The lowest BCUT2D eigenvalue weighted by Gasteiger charge is -2.24. The van der Waals surface area contributed by atoms with Gasteiger partial charge in [-0.1, -0.05) is 48.5 Å². The van der Waals surface area contributed by atoms with E-state index < -0.39 is 0 Å². The molecule has 3 heteroatoms. The van der Waals surface area contributed by atoms with Crippen molar-refractivity contribution in [2.24, 2.45) is 0 Å². The minimum atomic E-state index is 0. The quantitative estimate of drug-likeness (QED) is 0.933. The average Bonchev–Trinajstić information content (AvgIpc) is 2.68. The number of rotatable bonds is 3. The molecule has 0 amide bonds. The number of hydrogen-bond donors (Lipinski definition) is 1. The number of nitrogens with one attached hydrogen (secondary N) is 1. The highest BCUT2D eigenvalue weighted by Crippen LogP contribution is 2.22. The van der Waals surface area contributed by atoms with Gasteiger partial charge in [0.1, 0.15) is 0 Å². The summed E-state index contributed by atoms with van der Waals surface area (Å²) >= 11 is 0. The van der Waals surface area contributed by atoms with Crippen LogP contribution in [-0.2, 0) is 13.0 Å². The Morgan fingerprint density at radius 3 is 2.55 bits per heavy atom. The lowest BCUT2D eigenvalue weighted by atomic mass is 10.1. The van der Waals surface area contributed by atoms with E-state index in [0.717, 1.165) is 32.6 Å². The number of anilines is 1. The molecule has 2 aromatic rings. The van der Waals surface area contributed by atoms with Crippen molar-refractivity contribution in [1.29, 1.82) is 0 Å². The molecule has 1 N–H and O–H groups in total. The zero-order valence-electron chi connectivity index (χ0n) is 11.6. The third-order valence-electron chi connectivity index (χ3n) is 3.72. The molecule has 0 saturated heterocycles. The van der Waals surface area contributed by atoms with Crippen molar-refractivity contribution in [1.82, 2.24) is 5.32 Å². The molecular weight excluding hydrogens is 268 g/mol. The predicted octanol–water partition coefficient (Wildman–Crippen LogP) is 3.26. The second-order valence-electron chi connectivity index (χ2n) is 5.03. The van der Waals surface area contributed by atoms with Gasteiger partial charge in [0.15, 0.2) is 0 Å². The van der Waals surface area contributed by atoms with Crippen LogP contribution in [0.1, 0.15) is 11.1 Å². The summed E-state index contributed by atoms with van der Waals surface area (Å²) < 4.78 is 0. The molecule has 20 heavy (non-hydrogen) atoms. The zero-order valence-corrected chi connectivity index (χ0v) is 12.4. The Kier molecular flexibility index (Phi) is 5.45. The topological polar surface area (TPSA) is 15.3 Å². The molecule has 0 aliphatic carbocycles. The SMILES string of the molecule is Cl.c1ccc(CCN2CCNCc3ccccc32)cc1. The number of hydrogen-bond acceptors (Lipinski definition) is 2. The summed E-state index contributed by atoms with van der Waals surface area (Å²) in [5, 5.41) is 3.49. The molecule has 0 aromatic heterocycles. The van der Waals surface area contributed by atoms with Crippen LogP contribution < -0.4 is 10.2 Å². The fourth-order valence-electron chi connectivity index (χ4n) is 2.67. The van der Waals surface area contributed by atoms with Gasteiger partial charge in [0, 0.05) is 31.9 Å². The normalized spacial score (nSPS) is 14.1. The Balaban J connectivity index is 0.00000147. The molecule has 1 aliphatic rings. The summed E-state index contributed by atoms with van der Waals surface area (Å²) in [5.41, 5.74) is 4.22. The second-order valence-corrected chi connectivity index (χ2v) is 5.03. The van der Waals surface area contributed by atoms with E-state index in [2.05, 4.69) is 64.8 Å². The van der Waals surface area contributed by atoms with Gasteiger partial charge < -0.3 is 10.2 Å². The Bertz CT molecular complexity index is 528. The Hall–Kier alpha value is -1.51. The third kappa shape index (κ3) is 3.53. The highest BCUT2D eigenvalue weighted by molar-refractivity contribution is 5.85. The number of benzene rings is 2.